The Kier molecular flexibility index (Phi) is 6.54. The molecule has 174 valence electrons. The van der Waals surface area contributed by atoms with Crippen LogP contribution in [-0.2, 0) is 19.1 Å². The maximum atomic E-state index is 17.3. The van der Waals surface area contributed by atoms with Crippen molar-refractivity contribution < 1.29 is 28.6 Å². The average molecular weight is 437 g/mol. The molecule has 0 heterocycles. The fraction of sp³-hybridized carbons (Fsp3) is 0.800. The first-order valence-electron chi connectivity index (χ1n) is 11.7. The van der Waals surface area contributed by atoms with E-state index in [4.69, 9.17) is 4.74 Å². The van der Waals surface area contributed by atoms with Crippen LogP contribution in [-0.4, -0.2) is 41.5 Å². The summed E-state index contributed by atoms with van der Waals surface area (Å²) in [7, 11) is 0. The van der Waals surface area contributed by atoms with E-state index in [1.54, 1.807) is 20.8 Å². The van der Waals surface area contributed by atoms with Crippen LogP contribution in [0.4, 0.5) is 4.39 Å². The monoisotopic (exact) mass is 436 g/mol. The Bertz CT molecular complexity index is 765. The molecular formula is C25H37FO5. The van der Waals surface area contributed by atoms with Crippen molar-refractivity contribution in [2.75, 3.05) is 0 Å². The Labute approximate surface area is 184 Å². The van der Waals surface area contributed by atoms with E-state index in [-0.39, 0.29) is 43.2 Å². The van der Waals surface area contributed by atoms with Crippen LogP contribution in [0, 0.1) is 34.5 Å². The van der Waals surface area contributed by atoms with Crippen molar-refractivity contribution in [3.05, 3.63) is 11.6 Å². The predicted octanol–water partition coefficient (Wildman–Crippen LogP) is 4.21. The van der Waals surface area contributed by atoms with Crippen molar-refractivity contribution in [2.45, 2.75) is 91.0 Å². The summed E-state index contributed by atoms with van der Waals surface area (Å²) < 4.78 is 23.1. The molecule has 31 heavy (non-hydrogen) atoms. The quantitative estimate of drug-likeness (QED) is 0.383. The standard InChI is InChI=1S/C25H37FO5/c1-6-21(30)31-22-16(3)11-19-18-8-7-17(9-10-27)24(5,12-15(2)14-28)25(18,26)20(29)13-23(19,22)4/h9-10,14-16,18-20,22,29H,6-8,11-13H2,1-5H3/b17-9-/t15?,16?,18?,19?,20?,22-,23?,24?,25?/m1/s1. The number of hydrogen-bond donors (Lipinski definition) is 1. The van der Waals surface area contributed by atoms with Gasteiger partial charge in [0.15, 0.2) is 0 Å². The molecular weight excluding hydrogens is 399 g/mol. The van der Waals surface area contributed by atoms with Crippen LogP contribution in [0.1, 0.15) is 73.1 Å². The van der Waals surface area contributed by atoms with E-state index >= 15 is 4.39 Å². The van der Waals surface area contributed by atoms with E-state index in [1.165, 1.54) is 6.08 Å². The van der Waals surface area contributed by atoms with Crippen molar-refractivity contribution in [3.8, 4) is 0 Å². The van der Waals surface area contributed by atoms with Gasteiger partial charge >= 0.3 is 5.97 Å². The van der Waals surface area contributed by atoms with Crippen LogP contribution in [0.2, 0.25) is 0 Å². The number of ether oxygens (including phenoxy) is 1. The van der Waals surface area contributed by atoms with Crippen molar-refractivity contribution in [3.63, 3.8) is 0 Å². The fourth-order valence-corrected chi connectivity index (χ4v) is 7.48. The van der Waals surface area contributed by atoms with Gasteiger partial charge in [0, 0.05) is 29.1 Å². The molecule has 0 aromatic rings. The number of aliphatic hydroxyl groups is 1. The van der Waals surface area contributed by atoms with E-state index in [2.05, 4.69) is 0 Å². The van der Waals surface area contributed by atoms with Crippen LogP contribution in [0.25, 0.3) is 0 Å². The van der Waals surface area contributed by atoms with Gasteiger partial charge in [-0.2, -0.15) is 0 Å². The Morgan fingerprint density at radius 2 is 2.00 bits per heavy atom. The molecule has 9 atom stereocenters. The zero-order valence-corrected chi connectivity index (χ0v) is 19.4. The smallest absolute Gasteiger partial charge is 0.305 e. The number of hydrogen-bond acceptors (Lipinski definition) is 5. The van der Waals surface area contributed by atoms with Gasteiger partial charge in [-0.25, -0.2) is 4.39 Å². The third kappa shape index (κ3) is 3.49. The topological polar surface area (TPSA) is 80.7 Å². The second kappa shape index (κ2) is 8.42. The van der Waals surface area contributed by atoms with Crippen LogP contribution < -0.4 is 0 Å². The zero-order valence-electron chi connectivity index (χ0n) is 19.4. The number of carbonyl (C=O) groups excluding carboxylic acids is 3. The molecule has 3 saturated carbocycles. The lowest BCUT2D eigenvalue weighted by Gasteiger charge is -2.62. The van der Waals surface area contributed by atoms with Gasteiger partial charge in [0.2, 0.25) is 0 Å². The minimum atomic E-state index is -1.95. The Morgan fingerprint density at radius 1 is 1.32 bits per heavy atom. The molecule has 0 aromatic carbocycles. The molecule has 3 rings (SSSR count). The van der Waals surface area contributed by atoms with Crippen LogP contribution >= 0.6 is 0 Å². The highest BCUT2D eigenvalue weighted by molar-refractivity contribution is 5.69. The SMILES string of the molecule is CCC(=O)O[C@@H]1C(C)CC2C3CC/C(=C/C=O)C(C)(CC(C)C=O)C3(F)C(O)CC21C. The Morgan fingerprint density at radius 3 is 2.58 bits per heavy atom. The number of halogens is 1. The van der Waals surface area contributed by atoms with Gasteiger partial charge in [-0.3, -0.25) is 9.59 Å². The lowest BCUT2D eigenvalue weighted by molar-refractivity contribution is -0.218. The summed E-state index contributed by atoms with van der Waals surface area (Å²) in [6.45, 7) is 9.34. The van der Waals surface area contributed by atoms with Crippen LogP contribution in [0.5, 0.6) is 0 Å². The van der Waals surface area contributed by atoms with Gasteiger partial charge in [-0.1, -0.05) is 40.2 Å². The molecule has 0 aromatic heterocycles. The number of aliphatic hydroxyl groups excluding tert-OH is 1. The summed E-state index contributed by atoms with van der Waals surface area (Å²) in [5.74, 6) is -1.06. The number of alkyl halides is 1. The number of fused-ring (bicyclic) bond motifs is 3. The molecule has 5 nitrogen and oxygen atoms in total. The summed E-state index contributed by atoms with van der Waals surface area (Å²) in [4.78, 5) is 34.9. The minimum absolute atomic E-state index is 0.0470. The van der Waals surface area contributed by atoms with E-state index in [0.29, 0.717) is 24.7 Å². The van der Waals surface area contributed by atoms with Crippen LogP contribution in [0.3, 0.4) is 0 Å². The van der Waals surface area contributed by atoms with Gasteiger partial charge < -0.3 is 14.6 Å². The van der Waals surface area contributed by atoms with Gasteiger partial charge in [0.25, 0.3) is 0 Å². The molecule has 0 spiro atoms. The second-order valence-corrected chi connectivity index (χ2v) is 10.7. The van der Waals surface area contributed by atoms with Crippen molar-refractivity contribution >= 4 is 18.5 Å². The third-order valence-electron chi connectivity index (χ3n) is 8.84. The van der Waals surface area contributed by atoms with Crippen molar-refractivity contribution in [1.82, 2.24) is 0 Å². The largest absolute Gasteiger partial charge is 0.461 e. The van der Waals surface area contributed by atoms with Crippen LogP contribution in [0.15, 0.2) is 11.6 Å². The summed E-state index contributed by atoms with van der Waals surface area (Å²) in [6.07, 6.45) is 3.83. The average Bonchev–Trinajstić information content (AvgIpc) is 2.96. The van der Waals surface area contributed by atoms with E-state index < -0.39 is 34.4 Å². The van der Waals surface area contributed by atoms with Gasteiger partial charge in [0.1, 0.15) is 24.3 Å². The minimum Gasteiger partial charge on any atom is -0.461 e. The zero-order chi connectivity index (χ0) is 23.2. The first-order valence-corrected chi connectivity index (χ1v) is 11.7. The maximum Gasteiger partial charge on any atom is 0.305 e. The molecule has 0 bridgehead atoms. The predicted molar refractivity (Wildman–Crippen MR) is 115 cm³/mol. The molecule has 8 unspecified atom stereocenters. The van der Waals surface area contributed by atoms with Gasteiger partial charge in [0.05, 0.1) is 6.10 Å². The molecule has 0 radical (unpaired) electrons. The summed E-state index contributed by atoms with van der Waals surface area (Å²) in [6, 6.07) is 0. The highest BCUT2D eigenvalue weighted by atomic mass is 19.1. The molecule has 0 saturated heterocycles. The molecule has 0 aliphatic heterocycles. The normalized spacial score (nSPS) is 46.7. The maximum absolute atomic E-state index is 17.3. The molecule has 3 fully saturated rings. The van der Waals surface area contributed by atoms with E-state index in [0.717, 1.165) is 12.7 Å². The number of allylic oxidation sites excluding steroid dienone is 2. The third-order valence-corrected chi connectivity index (χ3v) is 8.84. The van der Waals surface area contributed by atoms with Crippen molar-refractivity contribution in [2.24, 2.45) is 34.5 Å². The lowest BCUT2D eigenvalue weighted by Crippen LogP contribution is -2.67. The Hall–Kier alpha value is -1.56. The second-order valence-electron chi connectivity index (χ2n) is 10.7. The summed E-state index contributed by atoms with van der Waals surface area (Å²) in [5, 5.41) is 11.4. The highest BCUT2D eigenvalue weighted by Gasteiger charge is 2.71. The molecule has 3 aliphatic rings. The van der Waals surface area contributed by atoms with E-state index in [1.807, 2.05) is 13.8 Å². The lowest BCUT2D eigenvalue weighted by atomic mass is 9.45. The number of aldehydes is 2. The van der Waals surface area contributed by atoms with Gasteiger partial charge in [-0.15, -0.1) is 0 Å². The first kappa shape index (κ1) is 24.1. The molecule has 3 aliphatic carbocycles. The summed E-state index contributed by atoms with van der Waals surface area (Å²) >= 11 is 0. The molecule has 6 heteroatoms. The first-order chi connectivity index (χ1) is 14.5. The number of esters is 1. The van der Waals surface area contributed by atoms with Crippen molar-refractivity contribution in [1.29, 1.82) is 0 Å². The van der Waals surface area contributed by atoms with Gasteiger partial charge in [-0.05, 0) is 50.0 Å². The summed E-state index contributed by atoms with van der Waals surface area (Å²) in [5.41, 5.74) is -2.89. The molecule has 1 N–H and O–H groups in total. The number of rotatable bonds is 6. The molecule has 0 amide bonds. The van der Waals surface area contributed by atoms with E-state index in [9.17, 15) is 19.5 Å². The Balaban J connectivity index is 2.07. The fourth-order valence-electron chi connectivity index (χ4n) is 7.48. The number of carbonyl (C=O) groups is 3. The highest BCUT2D eigenvalue weighted by Crippen LogP contribution is 2.69.